The van der Waals surface area contributed by atoms with Crippen LogP contribution in [0.15, 0.2) is 42.5 Å². The average molecular weight is 387 g/mol. The minimum atomic E-state index is -0.521. The molecule has 1 fully saturated rings. The molecular weight excluding hydrogens is 357 g/mol. The molecule has 27 heavy (non-hydrogen) atoms. The number of aliphatic hydroxyl groups excluding tert-OH is 1. The van der Waals surface area contributed by atoms with Crippen LogP contribution in [0.4, 0.5) is 0 Å². The van der Waals surface area contributed by atoms with Crippen LogP contribution in [-0.4, -0.2) is 43.9 Å². The zero-order chi connectivity index (χ0) is 19.2. The van der Waals surface area contributed by atoms with Gasteiger partial charge in [0.2, 0.25) is 0 Å². The number of rotatable bonds is 7. The molecule has 5 heteroatoms. The van der Waals surface area contributed by atoms with Gasteiger partial charge in [0.25, 0.3) is 0 Å². The van der Waals surface area contributed by atoms with E-state index in [-0.39, 0.29) is 5.92 Å². The molecule has 1 aliphatic rings. The van der Waals surface area contributed by atoms with E-state index in [4.69, 9.17) is 9.47 Å². The monoisotopic (exact) mass is 387 g/mol. The summed E-state index contributed by atoms with van der Waals surface area (Å²) >= 11 is 0. The number of nitrogens with zero attached hydrogens (tertiary/aromatic N) is 1. The molecule has 1 saturated heterocycles. The van der Waals surface area contributed by atoms with Crippen LogP contribution < -0.4 is 14.8 Å². The van der Waals surface area contributed by atoms with Crippen molar-refractivity contribution < 1.29 is 14.6 Å². The summed E-state index contributed by atoms with van der Waals surface area (Å²) in [6, 6.07) is 14.4. The lowest BCUT2D eigenvalue weighted by Crippen LogP contribution is -2.36. The van der Waals surface area contributed by atoms with Crippen molar-refractivity contribution >= 4 is 14.5 Å². The van der Waals surface area contributed by atoms with Gasteiger partial charge >= 0.3 is 0 Å². The van der Waals surface area contributed by atoms with E-state index in [9.17, 15) is 5.11 Å². The van der Waals surface area contributed by atoms with Gasteiger partial charge in [-0.15, -0.1) is 9.24 Å². The Kier molecular flexibility index (Phi) is 7.12. The summed E-state index contributed by atoms with van der Waals surface area (Å²) in [4.78, 5) is 2.50. The molecule has 0 saturated carbocycles. The number of para-hydroxylation sites is 1. The van der Waals surface area contributed by atoms with E-state index >= 15 is 0 Å². The summed E-state index contributed by atoms with van der Waals surface area (Å²) in [5, 5.41) is 12.2. The summed E-state index contributed by atoms with van der Waals surface area (Å²) in [6.07, 6.45) is 2.53. The highest BCUT2D eigenvalue weighted by atomic mass is 31.0. The summed E-state index contributed by atoms with van der Waals surface area (Å²) in [5.74, 6) is 1.56. The SMILES string of the molecule is COc1cccc(C(O)C2CCN(CCc3ccc(P)cc3)CC2)c1OC. The number of methoxy groups -OCH3 is 2. The number of hydrogen-bond acceptors (Lipinski definition) is 4. The molecule has 0 aliphatic carbocycles. The van der Waals surface area contributed by atoms with Crippen molar-refractivity contribution in [3.63, 3.8) is 0 Å². The molecule has 146 valence electrons. The van der Waals surface area contributed by atoms with E-state index in [1.807, 2.05) is 18.2 Å². The van der Waals surface area contributed by atoms with E-state index in [2.05, 4.69) is 38.4 Å². The molecule has 2 aromatic carbocycles. The molecule has 0 bridgehead atoms. The predicted molar refractivity (Wildman–Crippen MR) is 113 cm³/mol. The third-order valence-electron chi connectivity index (χ3n) is 5.53. The molecule has 1 N–H and O–H groups in total. The topological polar surface area (TPSA) is 41.9 Å². The lowest BCUT2D eigenvalue weighted by atomic mass is 9.87. The van der Waals surface area contributed by atoms with Crippen molar-refractivity contribution in [1.82, 2.24) is 4.90 Å². The Morgan fingerprint density at radius 2 is 1.78 bits per heavy atom. The number of likely N-dealkylation sites (tertiary alicyclic amines) is 1. The molecular formula is C22H30NO3P. The molecule has 3 rings (SSSR count). The summed E-state index contributed by atoms with van der Waals surface area (Å²) in [5.41, 5.74) is 2.21. The van der Waals surface area contributed by atoms with Crippen LogP contribution in [0.1, 0.15) is 30.1 Å². The van der Waals surface area contributed by atoms with E-state index in [0.717, 1.165) is 44.5 Å². The standard InChI is InChI=1S/C22H30NO3P/c1-25-20-5-3-4-19(22(20)26-2)21(24)17-11-14-23(15-12-17)13-10-16-6-8-18(27)9-7-16/h3-9,17,21,24H,10-15,27H2,1-2H3. The lowest BCUT2D eigenvalue weighted by molar-refractivity contribution is 0.0573. The molecule has 2 unspecified atom stereocenters. The van der Waals surface area contributed by atoms with Crippen LogP contribution in [0.2, 0.25) is 0 Å². The van der Waals surface area contributed by atoms with E-state index < -0.39 is 6.10 Å². The Bertz CT molecular complexity index is 727. The molecule has 0 radical (unpaired) electrons. The Morgan fingerprint density at radius 3 is 2.41 bits per heavy atom. The maximum absolute atomic E-state index is 10.9. The molecule has 1 aliphatic heterocycles. The van der Waals surface area contributed by atoms with Gasteiger partial charge in [0.1, 0.15) is 0 Å². The van der Waals surface area contributed by atoms with Crippen LogP contribution in [0.5, 0.6) is 11.5 Å². The number of hydrogen-bond donors (Lipinski definition) is 1. The fourth-order valence-electron chi connectivity index (χ4n) is 3.86. The number of piperidine rings is 1. The highest BCUT2D eigenvalue weighted by Crippen LogP contribution is 2.39. The van der Waals surface area contributed by atoms with Gasteiger partial charge in [0.05, 0.1) is 20.3 Å². The van der Waals surface area contributed by atoms with Crippen LogP contribution in [0, 0.1) is 5.92 Å². The van der Waals surface area contributed by atoms with Crippen molar-refractivity contribution in [2.45, 2.75) is 25.4 Å². The van der Waals surface area contributed by atoms with Gasteiger partial charge in [0.15, 0.2) is 11.5 Å². The minimum absolute atomic E-state index is 0.249. The normalized spacial score (nSPS) is 16.9. The first-order chi connectivity index (χ1) is 13.1. The number of ether oxygens (including phenoxy) is 2. The smallest absolute Gasteiger partial charge is 0.166 e. The number of aliphatic hydroxyl groups is 1. The maximum atomic E-state index is 10.9. The molecule has 4 nitrogen and oxygen atoms in total. The first-order valence-corrected chi connectivity index (χ1v) is 10.2. The van der Waals surface area contributed by atoms with Gasteiger partial charge in [-0.05, 0) is 55.2 Å². The highest BCUT2D eigenvalue weighted by molar-refractivity contribution is 7.27. The Labute approximate surface area is 164 Å². The summed E-state index contributed by atoms with van der Waals surface area (Å²) < 4.78 is 10.9. The summed E-state index contributed by atoms with van der Waals surface area (Å²) in [7, 11) is 5.98. The van der Waals surface area contributed by atoms with Gasteiger partial charge in [-0.3, -0.25) is 0 Å². The van der Waals surface area contributed by atoms with Gasteiger partial charge in [-0.2, -0.15) is 0 Å². The van der Waals surface area contributed by atoms with Crippen molar-refractivity contribution in [2.24, 2.45) is 5.92 Å². The Hall–Kier alpha value is -1.61. The van der Waals surface area contributed by atoms with Crippen LogP contribution in [0.25, 0.3) is 0 Å². The Morgan fingerprint density at radius 1 is 1.07 bits per heavy atom. The van der Waals surface area contributed by atoms with Gasteiger partial charge in [-0.1, -0.05) is 36.4 Å². The largest absolute Gasteiger partial charge is 0.493 e. The van der Waals surface area contributed by atoms with Crippen LogP contribution in [-0.2, 0) is 6.42 Å². The third kappa shape index (κ3) is 5.01. The maximum Gasteiger partial charge on any atom is 0.166 e. The first-order valence-electron chi connectivity index (χ1n) is 9.58. The van der Waals surface area contributed by atoms with Crippen molar-refractivity contribution in [3.05, 3.63) is 53.6 Å². The molecule has 2 atom stereocenters. The minimum Gasteiger partial charge on any atom is -0.493 e. The van der Waals surface area contributed by atoms with E-state index in [0.29, 0.717) is 11.5 Å². The van der Waals surface area contributed by atoms with Crippen molar-refractivity contribution in [3.8, 4) is 11.5 Å². The van der Waals surface area contributed by atoms with Crippen LogP contribution >= 0.6 is 9.24 Å². The average Bonchev–Trinajstić information content (AvgIpc) is 2.72. The molecule has 0 spiro atoms. The van der Waals surface area contributed by atoms with Crippen molar-refractivity contribution in [1.29, 1.82) is 0 Å². The molecule has 1 heterocycles. The Balaban J connectivity index is 1.55. The highest BCUT2D eigenvalue weighted by Gasteiger charge is 2.28. The van der Waals surface area contributed by atoms with Gasteiger partial charge in [-0.25, -0.2) is 0 Å². The zero-order valence-electron chi connectivity index (χ0n) is 16.2. The molecule has 0 amide bonds. The molecule has 0 aromatic heterocycles. The first kappa shape index (κ1) is 20.1. The van der Waals surface area contributed by atoms with E-state index in [1.54, 1.807) is 14.2 Å². The second kappa shape index (κ2) is 9.54. The van der Waals surface area contributed by atoms with Crippen LogP contribution in [0.3, 0.4) is 0 Å². The summed E-state index contributed by atoms with van der Waals surface area (Å²) in [6.45, 7) is 3.12. The van der Waals surface area contributed by atoms with Gasteiger partial charge < -0.3 is 19.5 Å². The quantitative estimate of drug-likeness (QED) is 0.741. The van der Waals surface area contributed by atoms with Crippen molar-refractivity contribution in [2.75, 3.05) is 33.9 Å². The number of benzene rings is 2. The third-order valence-corrected chi connectivity index (χ3v) is 5.91. The van der Waals surface area contributed by atoms with Gasteiger partial charge in [0, 0.05) is 12.1 Å². The zero-order valence-corrected chi connectivity index (χ0v) is 17.4. The second-order valence-electron chi connectivity index (χ2n) is 7.20. The predicted octanol–water partition coefficient (Wildman–Crippen LogP) is 3.19. The second-order valence-corrected chi connectivity index (χ2v) is 7.86. The fourth-order valence-corrected chi connectivity index (χ4v) is 4.06. The van der Waals surface area contributed by atoms with E-state index in [1.165, 1.54) is 10.9 Å². The lowest BCUT2D eigenvalue weighted by Gasteiger charge is -2.34. The fraction of sp³-hybridized carbons (Fsp3) is 0.455. The molecule has 2 aromatic rings.